The molecule has 2 aromatic rings. The normalized spacial score (nSPS) is 11.7. The summed E-state index contributed by atoms with van der Waals surface area (Å²) in [6, 6.07) is 15.1. The second-order valence-corrected chi connectivity index (χ2v) is 8.09. The zero-order valence-corrected chi connectivity index (χ0v) is 18.7. The third-order valence-corrected chi connectivity index (χ3v) is 4.22. The molecule has 8 heteroatoms. The lowest BCUT2D eigenvalue weighted by molar-refractivity contribution is -0.138. The van der Waals surface area contributed by atoms with E-state index in [1.165, 1.54) is 0 Å². The van der Waals surface area contributed by atoms with Gasteiger partial charge in [0, 0.05) is 11.1 Å². The molecule has 0 fully saturated rings. The van der Waals surface area contributed by atoms with Gasteiger partial charge in [-0.05, 0) is 39.3 Å². The molecule has 0 saturated carbocycles. The lowest BCUT2D eigenvalue weighted by Crippen LogP contribution is -2.42. The van der Waals surface area contributed by atoms with E-state index in [1.807, 2.05) is 6.07 Å². The van der Waals surface area contributed by atoms with E-state index in [0.717, 1.165) is 0 Å². The fourth-order valence-corrected chi connectivity index (χ4v) is 2.47. The highest BCUT2D eigenvalue weighted by Gasteiger charge is 2.18. The van der Waals surface area contributed by atoms with Gasteiger partial charge in [0.25, 0.3) is 0 Å². The third-order valence-electron chi connectivity index (χ3n) is 4.22. The Bertz CT molecular complexity index is 887. The fourth-order valence-electron chi connectivity index (χ4n) is 2.47. The van der Waals surface area contributed by atoms with Crippen molar-refractivity contribution in [3.8, 4) is 0 Å². The first-order chi connectivity index (χ1) is 15.0. The van der Waals surface area contributed by atoms with E-state index in [-0.39, 0.29) is 19.0 Å². The van der Waals surface area contributed by atoms with E-state index in [2.05, 4.69) is 5.32 Å². The summed E-state index contributed by atoms with van der Waals surface area (Å²) in [4.78, 5) is 34.2. The van der Waals surface area contributed by atoms with Crippen molar-refractivity contribution >= 4 is 17.8 Å². The molecule has 174 valence electrons. The predicted molar refractivity (Wildman–Crippen MR) is 120 cm³/mol. The van der Waals surface area contributed by atoms with Gasteiger partial charge in [0.05, 0.1) is 25.2 Å². The number of ketones is 1. The Morgan fingerprint density at radius 1 is 0.938 bits per heavy atom. The highest BCUT2D eigenvalue weighted by atomic mass is 16.6. The van der Waals surface area contributed by atoms with Crippen molar-refractivity contribution < 1.29 is 34.4 Å². The number of amides is 1. The van der Waals surface area contributed by atoms with Crippen molar-refractivity contribution in [2.24, 2.45) is 0 Å². The molecule has 1 atom stereocenters. The van der Waals surface area contributed by atoms with Crippen molar-refractivity contribution in [1.82, 2.24) is 5.32 Å². The van der Waals surface area contributed by atoms with E-state index in [1.54, 1.807) is 76.2 Å². The van der Waals surface area contributed by atoms with Gasteiger partial charge in [-0.25, -0.2) is 4.79 Å². The van der Waals surface area contributed by atoms with Crippen molar-refractivity contribution in [3.63, 3.8) is 0 Å². The van der Waals surface area contributed by atoms with Crippen LogP contribution in [-0.4, -0.2) is 58.0 Å². The molecular formula is C24H31NO7. The van der Waals surface area contributed by atoms with E-state index >= 15 is 0 Å². The Morgan fingerprint density at radius 3 is 2.00 bits per heavy atom. The summed E-state index contributed by atoms with van der Waals surface area (Å²) in [6.07, 6.45) is -0.638. The van der Waals surface area contributed by atoms with Crippen molar-refractivity contribution in [1.29, 1.82) is 0 Å². The molecule has 0 aromatic heterocycles. The Kier molecular flexibility index (Phi) is 10.5. The summed E-state index contributed by atoms with van der Waals surface area (Å²) in [5.41, 5.74) is 1.17. The predicted octanol–water partition coefficient (Wildman–Crippen LogP) is 2.97. The first kappa shape index (κ1) is 26.8. The second-order valence-electron chi connectivity index (χ2n) is 8.09. The molecule has 1 unspecified atom stereocenters. The molecule has 0 radical (unpaired) electrons. The highest BCUT2D eigenvalue weighted by Crippen LogP contribution is 2.18. The minimum atomic E-state index is -0.899. The number of hydrogen-bond donors (Lipinski definition) is 4. The average Bonchev–Trinajstić information content (AvgIpc) is 2.76. The number of carbonyl (C=O) groups is 3. The van der Waals surface area contributed by atoms with Gasteiger partial charge in [-0.3, -0.25) is 9.59 Å². The Balaban J connectivity index is 0.000000347. The number of nitrogens with one attached hydrogen (secondary N) is 1. The first-order valence-corrected chi connectivity index (χ1v) is 10.1. The maximum atomic E-state index is 12.2. The lowest BCUT2D eigenvalue weighted by atomic mass is 9.96. The monoisotopic (exact) mass is 445 g/mol. The molecule has 2 rings (SSSR count). The van der Waals surface area contributed by atoms with E-state index in [0.29, 0.717) is 16.7 Å². The largest absolute Gasteiger partial charge is 0.481 e. The van der Waals surface area contributed by atoms with Crippen LogP contribution < -0.4 is 5.32 Å². The summed E-state index contributed by atoms with van der Waals surface area (Å²) in [7, 11) is 0. The Labute approximate surface area is 187 Å². The zero-order chi connectivity index (χ0) is 24.3. The molecule has 0 aliphatic carbocycles. The van der Waals surface area contributed by atoms with Gasteiger partial charge in [0.2, 0.25) is 0 Å². The van der Waals surface area contributed by atoms with Crippen molar-refractivity contribution in [3.05, 3.63) is 71.3 Å². The summed E-state index contributed by atoms with van der Waals surface area (Å²) in [5, 5.41) is 28.6. The van der Waals surface area contributed by atoms with Gasteiger partial charge in [0.1, 0.15) is 5.60 Å². The molecule has 2 aromatic carbocycles. The molecule has 0 aliphatic heterocycles. The molecule has 0 bridgehead atoms. The molecule has 0 spiro atoms. The third kappa shape index (κ3) is 9.28. The SMILES string of the molecule is CC(C(=O)O)c1cccc(C(=O)c2ccccc2)c1.CC(C)(C)OC(=O)NC(CO)CO. The molecule has 0 heterocycles. The van der Waals surface area contributed by atoms with Gasteiger partial charge in [-0.1, -0.05) is 48.5 Å². The molecule has 1 amide bonds. The van der Waals surface area contributed by atoms with Gasteiger partial charge in [0.15, 0.2) is 5.78 Å². The lowest BCUT2D eigenvalue weighted by Gasteiger charge is -2.21. The quantitative estimate of drug-likeness (QED) is 0.482. The molecule has 0 aliphatic rings. The first-order valence-electron chi connectivity index (χ1n) is 10.1. The number of aliphatic hydroxyl groups excluding tert-OH is 2. The number of carboxylic acid groups (broad SMARTS) is 1. The van der Waals surface area contributed by atoms with Crippen LogP contribution in [0.3, 0.4) is 0 Å². The number of benzene rings is 2. The molecule has 4 N–H and O–H groups in total. The molecule has 0 saturated heterocycles. The minimum absolute atomic E-state index is 0.0972. The van der Waals surface area contributed by atoms with Gasteiger partial charge in [-0.2, -0.15) is 0 Å². The topological polar surface area (TPSA) is 133 Å². The number of carbonyl (C=O) groups excluding carboxylic acids is 2. The van der Waals surface area contributed by atoms with Crippen LogP contribution in [0.25, 0.3) is 0 Å². The van der Waals surface area contributed by atoms with E-state index < -0.39 is 29.6 Å². The standard InChI is InChI=1S/C16H14O3.C8H17NO4/c1-11(16(18)19)13-8-5-9-14(10-13)15(17)12-6-3-2-4-7-12;1-8(2,3)13-7(12)9-6(4-10)5-11/h2-11H,1H3,(H,18,19);6,10-11H,4-5H2,1-3H3,(H,9,12). The summed E-state index contributed by atoms with van der Waals surface area (Å²) in [6.45, 7) is 6.19. The summed E-state index contributed by atoms with van der Waals surface area (Å²) in [5.74, 6) is -1.62. The Morgan fingerprint density at radius 2 is 1.50 bits per heavy atom. The van der Waals surface area contributed by atoms with Crippen LogP contribution in [0, 0.1) is 0 Å². The molecule has 32 heavy (non-hydrogen) atoms. The average molecular weight is 446 g/mol. The number of aliphatic carboxylic acids is 1. The minimum Gasteiger partial charge on any atom is -0.481 e. The smallest absolute Gasteiger partial charge is 0.408 e. The van der Waals surface area contributed by atoms with Crippen molar-refractivity contribution in [2.75, 3.05) is 13.2 Å². The van der Waals surface area contributed by atoms with Crippen LogP contribution in [0.1, 0.15) is 55.1 Å². The van der Waals surface area contributed by atoms with Crippen LogP contribution in [0.4, 0.5) is 4.79 Å². The van der Waals surface area contributed by atoms with Gasteiger partial charge >= 0.3 is 12.1 Å². The number of hydrogen-bond acceptors (Lipinski definition) is 6. The Hall–Kier alpha value is -3.23. The number of rotatable bonds is 7. The van der Waals surface area contributed by atoms with Crippen LogP contribution in [0.15, 0.2) is 54.6 Å². The van der Waals surface area contributed by atoms with E-state index in [4.69, 9.17) is 20.1 Å². The summed E-state index contributed by atoms with van der Waals surface area (Å²) < 4.78 is 4.90. The molecular weight excluding hydrogens is 414 g/mol. The molecule has 8 nitrogen and oxygen atoms in total. The van der Waals surface area contributed by atoms with E-state index in [9.17, 15) is 14.4 Å². The van der Waals surface area contributed by atoms with Crippen LogP contribution in [0.5, 0.6) is 0 Å². The highest BCUT2D eigenvalue weighted by molar-refractivity contribution is 6.09. The second kappa shape index (κ2) is 12.6. The van der Waals surface area contributed by atoms with Gasteiger partial charge < -0.3 is 25.4 Å². The fraction of sp³-hybridized carbons (Fsp3) is 0.375. The number of ether oxygens (including phenoxy) is 1. The summed E-state index contributed by atoms with van der Waals surface area (Å²) >= 11 is 0. The maximum absolute atomic E-state index is 12.2. The zero-order valence-electron chi connectivity index (χ0n) is 18.7. The number of carboxylic acids is 1. The van der Waals surface area contributed by atoms with Crippen LogP contribution in [0.2, 0.25) is 0 Å². The van der Waals surface area contributed by atoms with Crippen LogP contribution >= 0.6 is 0 Å². The number of alkyl carbamates (subject to hydrolysis) is 1. The number of aliphatic hydroxyl groups is 2. The van der Waals surface area contributed by atoms with Gasteiger partial charge in [-0.15, -0.1) is 0 Å². The van der Waals surface area contributed by atoms with Crippen molar-refractivity contribution in [2.45, 2.75) is 45.3 Å². The maximum Gasteiger partial charge on any atom is 0.408 e. The van der Waals surface area contributed by atoms with Crippen LogP contribution in [-0.2, 0) is 9.53 Å².